The topological polar surface area (TPSA) is 83.0 Å². The molecule has 1 unspecified atom stereocenters. The van der Waals surface area contributed by atoms with E-state index >= 15 is 0 Å². The van der Waals surface area contributed by atoms with Crippen molar-refractivity contribution in [2.45, 2.75) is 18.9 Å². The van der Waals surface area contributed by atoms with Gasteiger partial charge < -0.3 is 20.3 Å². The highest BCUT2D eigenvalue weighted by atomic mass is 127. The van der Waals surface area contributed by atoms with Crippen LogP contribution in [0.3, 0.4) is 0 Å². The first kappa shape index (κ1) is 23.7. The van der Waals surface area contributed by atoms with Gasteiger partial charge in [0.15, 0.2) is 5.96 Å². The molecular formula is C22H27IN4O3. The largest absolute Gasteiger partial charge is 0.465 e. The van der Waals surface area contributed by atoms with Crippen LogP contribution in [0.25, 0.3) is 0 Å². The lowest BCUT2D eigenvalue weighted by molar-refractivity contribution is -0.117. The van der Waals surface area contributed by atoms with Crippen LogP contribution in [0.15, 0.2) is 59.6 Å². The van der Waals surface area contributed by atoms with E-state index in [4.69, 9.17) is 4.74 Å². The Bertz CT molecular complexity index is 872. The van der Waals surface area contributed by atoms with E-state index in [0.29, 0.717) is 31.0 Å². The van der Waals surface area contributed by atoms with Crippen molar-refractivity contribution in [3.63, 3.8) is 0 Å². The van der Waals surface area contributed by atoms with Crippen molar-refractivity contribution in [1.82, 2.24) is 10.6 Å². The van der Waals surface area contributed by atoms with Crippen LogP contribution in [0.4, 0.5) is 5.69 Å². The van der Waals surface area contributed by atoms with Crippen LogP contribution in [-0.2, 0) is 16.0 Å². The number of nitrogens with zero attached hydrogens (tertiary/aromatic N) is 2. The minimum Gasteiger partial charge on any atom is -0.465 e. The number of hydrogen-bond acceptors (Lipinski definition) is 4. The van der Waals surface area contributed by atoms with Crippen LogP contribution in [-0.4, -0.2) is 51.1 Å². The summed E-state index contributed by atoms with van der Waals surface area (Å²) in [4.78, 5) is 29.9. The summed E-state index contributed by atoms with van der Waals surface area (Å²) in [5.41, 5.74) is 2.56. The molecule has 7 nitrogen and oxygen atoms in total. The average molecular weight is 522 g/mol. The molecule has 1 saturated heterocycles. The van der Waals surface area contributed by atoms with Crippen molar-refractivity contribution in [2.24, 2.45) is 4.99 Å². The molecule has 0 bridgehead atoms. The predicted octanol–water partition coefficient (Wildman–Crippen LogP) is 2.60. The number of esters is 1. The Morgan fingerprint density at radius 2 is 1.87 bits per heavy atom. The first-order chi connectivity index (χ1) is 14.1. The Balaban J connectivity index is 0.00000320. The fraction of sp³-hybridized carbons (Fsp3) is 0.318. The lowest BCUT2D eigenvalue weighted by Gasteiger charge is -2.19. The maximum atomic E-state index is 12.3. The maximum Gasteiger partial charge on any atom is 0.337 e. The molecule has 0 spiro atoms. The number of aliphatic imine (C=N–C) groups is 1. The number of carbonyl (C=O) groups is 2. The molecule has 1 aliphatic rings. The number of hydrogen-bond donors (Lipinski definition) is 2. The molecule has 1 amide bonds. The molecule has 3 rings (SSSR count). The fourth-order valence-electron chi connectivity index (χ4n) is 3.30. The molecule has 160 valence electrons. The zero-order valence-electron chi connectivity index (χ0n) is 17.1. The molecule has 0 saturated carbocycles. The number of para-hydroxylation sites is 1. The molecule has 2 aromatic carbocycles. The summed E-state index contributed by atoms with van der Waals surface area (Å²) in [5.74, 6) is 0.439. The third kappa shape index (κ3) is 6.19. The first-order valence-corrected chi connectivity index (χ1v) is 9.60. The third-order valence-corrected chi connectivity index (χ3v) is 4.84. The summed E-state index contributed by atoms with van der Waals surface area (Å²) in [7, 11) is 3.09. The van der Waals surface area contributed by atoms with Gasteiger partial charge in [-0.2, -0.15) is 0 Å². The molecule has 8 heteroatoms. The van der Waals surface area contributed by atoms with E-state index in [1.807, 2.05) is 42.5 Å². The van der Waals surface area contributed by atoms with Gasteiger partial charge in [-0.3, -0.25) is 9.79 Å². The van der Waals surface area contributed by atoms with Crippen LogP contribution in [0, 0.1) is 0 Å². The number of methoxy groups -OCH3 is 1. The van der Waals surface area contributed by atoms with Crippen molar-refractivity contribution in [3.8, 4) is 0 Å². The van der Waals surface area contributed by atoms with E-state index in [9.17, 15) is 9.59 Å². The number of ether oxygens (including phenoxy) is 1. The van der Waals surface area contributed by atoms with Gasteiger partial charge in [-0.1, -0.05) is 30.3 Å². The SMILES string of the molecule is CN=C(NCCc1ccc(C(=O)OC)cc1)NC1CC(=O)N(c2ccccc2)C1.I. The number of halogens is 1. The molecule has 1 aliphatic heterocycles. The van der Waals surface area contributed by atoms with Gasteiger partial charge in [0, 0.05) is 32.2 Å². The number of nitrogens with one attached hydrogen (secondary N) is 2. The molecule has 1 heterocycles. The lowest BCUT2D eigenvalue weighted by Crippen LogP contribution is -2.45. The van der Waals surface area contributed by atoms with Crippen molar-refractivity contribution in [2.75, 3.05) is 32.1 Å². The van der Waals surface area contributed by atoms with E-state index in [-0.39, 0.29) is 41.9 Å². The van der Waals surface area contributed by atoms with E-state index in [0.717, 1.165) is 17.7 Å². The van der Waals surface area contributed by atoms with Gasteiger partial charge in [-0.25, -0.2) is 4.79 Å². The van der Waals surface area contributed by atoms with Crippen LogP contribution in [0.1, 0.15) is 22.3 Å². The Morgan fingerprint density at radius 1 is 1.17 bits per heavy atom. The number of amides is 1. The summed E-state index contributed by atoms with van der Waals surface area (Å²) >= 11 is 0. The third-order valence-electron chi connectivity index (χ3n) is 4.84. The molecule has 2 aromatic rings. The van der Waals surface area contributed by atoms with E-state index in [2.05, 4.69) is 15.6 Å². The highest BCUT2D eigenvalue weighted by molar-refractivity contribution is 14.0. The molecule has 30 heavy (non-hydrogen) atoms. The minimum atomic E-state index is -0.338. The van der Waals surface area contributed by atoms with Gasteiger partial charge in [0.1, 0.15) is 0 Å². The zero-order chi connectivity index (χ0) is 20.6. The quantitative estimate of drug-likeness (QED) is 0.264. The molecule has 0 radical (unpaired) electrons. The second kappa shape index (κ2) is 11.5. The lowest BCUT2D eigenvalue weighted by atomic mass is 10.1. The minimum absolute atomic E-state index is 0. The number of guanidine groups is 1. The van der Waals surface area contributed by atoms with Gasteiger partial charge in [0.05, 0.1) is 18.7 Å². The van der Waals surface area contributed by atoms with E-state index < -0.39 is 0 Å². The van der Waals surface area contributed by atoms with Crippen molar-refractivity contribution >= 4 is 47.5 Å². The highest BCUT2D eigenvalue weighted by Crippen LogP contribution is 2.20. The summed E-state index contributed by atoms with van der Waals surface area (Å²) in [6.45, 7) is 1.29. The summed E-state index contributed by atoms with van der Waals surface area (Å²) < 4.78 is 4.71. The maximum absolute atomic E-state index is 12.3. The molecule has 1 atom stereocenters. The van der Waals surface area contributed by atoms with Crippen LogP contribution in [0.5, 0.6) is 0 Å². The normalized spacial score (nSPS) is 16.1. The molecule has 0 aromatic heterocycles. The number of anilines is 1. The number of carbonyl (C=O) groups excluding carboxylic acids is 2. The monoisotopic (exact) mass is 522 g/mol. The molecule has 1 fully saturated rings. The van der Waals surface area contributed by atoms with Crippen LogP contribution < -0.4 is 15.5 Å². The predicted molar refractivity (Wildman–Crippen MR) is 129 cm³/mol. The second-order valence-corrected chi connectivity index (χ2v) is 6.82. The van der Waals surface area contributed by atoms with Crippen molar-refractivity contribution in [1.29, 1.82) is 0 Å². The second-order valence-electron chi connectivity index (χ2n) is 6.82. The van der Waals surface area contributed by atoms with Gasteiger partial charge in [0.25, 0.3) is 0 Å². The average Bonchev–Trinajstić information content (AvgIpc) is 3.13. The number of benzene rings is 2. The number of rotatable bonds is 6. The first-order valence-electron chi connectivity index (χ1n) is 9.60. The zero-order valence-corrected chi connectivity index (χ0v) is 19.5. The van der Waals surface area contributed by atoms with Crippen LogP contribution in [0.2, 0.25) is 0 Å². The van der Waals surface area contributed by atoms with E-state index in [1.54, 1.807) is 24.1 Å². The Morgan fingerprint density at radius 3 is 2.50 bits per heavy atom. The molecule has 0 aliphatic carbocycles. The molecular weight excluding hydrogens is 495 g/mol. The summed E-state index contributed by atoms with van der Waals surface area (Å²) in [5, 5.41) is 6.61. The fourth-order valence-corrected chi connectivity index (χ4v) is 3.30. The van der Waals surface area contributed by atoms with Gasteiger partial charge in [-0.05, 0) is 36.2 Å². The van der Waals surface area contributed by atoms with Gasteiger partial charge in [-0.15, -0.1) is 24.0 Å². The van der Waals surface area contributed by atoms with Gasteiger partial charge in [0.2, 0.25) is 5.91 Å². The molecule has 2 N–H and O–H groups in total. The van der Waals surface area contributed by atoms with Crippen molar-refractivity contribution in [3.05, 3.63) is 65.7 Å². The van der Waals surface area contributed by atoms with Crippen LogP contribution >= 0.6 is 24.0 Å². The smallest absolute Gasteiger partial charge is 0.337 e. The standard InChI is InChI=1S/C22H26N4O3.HI/c1-23-22(24-13-12-16-8-10-17(11-9-16)21(28)29-2)25-18-14-20(27)26(15-18)19-6-4-3-5-7-19;/h3-11,18H,12-15H2,1-2H3,(H2,23,24,25);1H. The van der Waals surface area contributed by atoms with Gasteiger partial charge >= 0.3 is 5.97 Å². The Labute approximate surface area is 193 Å². The van der Waals surface area contributed by atoms with E-state index in [1.165, 1.54) is 7.11 Å². The Kier molecular flexibility index (Phi) is 9.10. The Hall–Kier alpha value is -2.62. The van der Waals surface area contributed by atoms with Crippen molar-refractivity contribution < 1.29 is 14.3 Å². The summed E-state index contributed by atoms with van der Waals surface area (Å²) in [6, 6.07) is 17.0. The summed E-state index contributed by atoms with van der Waals surface area (Å²) in [6.07, 6.45) is 1.21. The highest BCUT2D eigenvalue weighted by Gasteiger charge is 2.30.